The lowest BCUT2D eigenvalue weighted by Crippen LogP contribution is -2.12. The van der Waals surface area contributed by atoms with Crippen molar-refractivity contribution in [2.45, 2.75) is 46.0 Å². The molecule has 0 unspecified atom stereocenters. The highest BCUT2D eigenvalue weighted by atomic mass is 32.1. The summed E-state index contributed by atoms with van der Waals surface area (Å²) in [6.45, 7) is 5.10. The maximum atomic E-state index is 5.54. The number of rotatable bonds is 6. The van der Waals surface area contributed by atoms with Crippen molar-refractivity contribution >= 4 is 17.1 Å². The molecule has 0 aromatic heterocycles. The van der Waals surface area contributed by atoms with Crippen LogP contribution in [0, 0.1) is 5.92 Å². The summed E-state index contributed by atoms with van der Waals surface area (Å²) < 4.78 is 0. The zero-order valence-corrected chi connectivity index (χ0v) is 11.3. The Labute approximate surface area is 105 Å². The molecule has 0 aliphatic heterocycles. The van der Waals surface area contributed by atoms with Gasteiger partial charge in [0, 0.05) is 17.8 Å². The van der Waals surface area contributed by atoms with E-state index in [0.717, 1.165) is 23.6 Å². The Morgan fingerprint density at radius 1 is 1.56 bits per heavy atom. The van der Waals surface area contributed by atoms with E-state index < -0.39 is 0 Å². The highest BCUT2D eigenvalue weighted by Crippen LogP contribution is 2.25. The van der Waals surface area contributed by atoms with E-state index in [9.17, 15) is 0 Å². The molecule has 1 nitrogen and oxygen atoms in total. The van der Waals surface area contributed by atoms with Crippen molar-refractivity contribution in [3.63, 3.8) is 0 Å². The Bertz CT molecular complexity index is 302. The normalized spacial score (nSPS) is 17.7. The first kappa shape index (κ1) is 13.6. The maximum absolute atomic E-state index is 5.54. The highest BCUT2D eigenvalue weighted by molar-refractivity contribution is 7.80. The lowest BCUT2D eigenvalue weighted by Gasteiger charge is -2.16. The van der Waals surface area contributed by atoms with Crippen molar-refractivity contribution in [2.24, 2.45) is 11.7 Å². The van der Waals surface area contributed by atoms with Crippen molar-refractivity contribution in [3.05, 3.63) is 23.3 Å². The predicted octanol–water partition coefficient (Wildman–Crippen LogP) is 3.79. The van der Waals surface area contributed by atoms with Crippen LogP contribution in [-0.4, -0.2) is 11.4 Å². The SMILES string of the molecule is CC[C@@H](C)CC1=CCCC(CC(=S)CN)=C1. The second-order valence-electron chi connectivity index (χ2n) is 4.76. The third kappa shape index (κ3) is 4.58. The van der Waals surface area contributed by atoms with Crippen LogP contribution in [0.25, 0.3) is 0 Å². The third-order valence-electron chi connectivity index (χ3n) is 3.19. The van der Waals surface area contributed by atoms with Crippen LogP contribution in [0.3, 0.4) is 0 Å². The summed E-state index contributed by atoms with van der Waals surface area (Å²) in [5.41, 5.74) is 8.51. The molecule has 1 aliphatic rings. The van der Waals surface area contributed by atoms with E-state index in [4.69, 9.17) is 18.0 Å². The fourth-order valence-corrected chi connectivity index (χ4v) is 2.18. The largest absolute Gasteiger partial charge is 0.326 e. The molecule has 90 valence electrons. The molecule has 0 radical (unpaired) electrons. The summed E-state index contributed by atoms with van der Waals surface area (Å²) in [4.78, 5) is 0.982. The van der Waals surface area contributed by atoms with Crippen LogP contribution >= 0.6 is 12.2 Å². The number of allylic oxidation sites excluding steroid dienone is 4. The summed E-state index contributed by atoms with van der Waals surface area (Å²) in [7, 11) is 0. The average Bonchev–Trinajstić information content (AvgIpc) is 2.29. The Hall–Kier alpha value is -0.470. The first-order valence-electron chi connectivity index (χ1n) is 6.26. The Kier molecular flexibility index (Phi) is 5.93. The van der Waals surface area contributed by atoms with Crippen LogP contribution in [0.1, 0.15) is 46.0 Å². The highest BCUT2D eigenvalue weighted by Gasteiger charge is 2.09. The van der Waals surface area contributed by atoms with Crippen molar-refractivity contribution in [2.75, 3.05) is 6.54 Å². The van der Waals surface area contributed by atoms with Crippen molar-refractivity contribution in [1.29, 1.82) is 0 Å². The molecular weight excluding hydrogens is 214 g/mol. The van der Waals surface area contributed by atoms with Gasteiger partial charge in [0.25, 0.3) is 0 Å². The van der Waals surface area contributed by atoms with E-state index in [-0.39, 0.29) is 0 Å². The number of hydrogen-bond donors (Lipinski definition) is 1. The van der Waals surface area contributed by atoms with Crippen molar-refractivity contribution < 1.29 is 0 Å². The van der Waals surface area contributed by atoms with Gasteiger partial charge in [-0.2, -0.15) is 0 Å². The number of hydrogen-bond acceptors (Lipinski definition) is 2. The minimum atomic E-state index is 0.539. The predicted molar refractivity (Wildman–Crippen MR) is 75.7 cm³/mol. The van der Waals surface area contributed by atoms with Gasteiger partial charge in [-0.3, -0.25) is 0 Å². The molecular formula is C14H23NS. The summed E-state index contributed by atoms with van der Waals surface area (Å²) in [6.07, 6.45) is 10.4. The van der Waals surface area contributed by atoms with Crippen LogP contribution < -0.4 is 5.73 Å². The summed E-state index contributed by atoms with van der Waals surface area (Å²) in [5, 5.41) is 0. The minimum absolute atomic E-state index is 0.539. The van der Waals surface area contributed by atoms with E-state index in [0.29, 0.717) is 6.54 Å². The monoisotopic (exact) mass is 237 g/mol. The second-order valence-corrected chi connectivity index (χ2v) is 5.33. The van der Waals surface area contributed by atoms with Gasteiger partial charge in [0.15, 0.2) is 0 Å². The molecule has 0 aromatic rings. The molecule has 0 aromatic carbocycles. The molecule has 1 atom stereocenters. The summed E-state index contributed by atoms with van der Waals surface area (Å²) >= 11 is 5.20. The lowest BCUT2D eigenvalue weighted by atomic mass is 9.90. The van der Waals surface area contributed by atoms with E-state index >= 15 is 0 Å². The Morgan fingerprint density at radius 3 is 2.94 bits per heavy atom. The molecule has 1 aliphatic carbocycles. The van der Waals surface area contributed by atoms with Gasteiger partial charge in [-0.15, -0.1) is 0 Å². The third-order valence-corrected chi connectivity index (χ3v) is 3.51. The van der Waals surface area contributed by atoms with Crippen LogP contribution in [0.4, 0.5) is 0 Å². The quantitative estimate of drug-likeness (QED) is 0.711. The molecule has 0 saturated heterocycles. The van der Waals surface area contributed by atoms with Crippen LogP contribution in [0.2, 0.25) is 0 Å². The summed E-state index contributed by atoms with van der Waals surface area (Å²) in [6, 6.07) is 0. The summed E-state index contributed by atoms with van der Waals surface area (Å²) in [5.74, 6) is 0.781. The van der Waals surface area contributed by atoms with Gasteiger partial charge in [0.2, 0.25) is 0 Å². The fourth-order valence-electron chi connectivity index (χ4n) is 1.99. The lowest BCUT2D eigenvalue weighted by molar-refractivity contribution is 0.559. The molecule has 1 rings (SSSR count). The first-order valence-corrected chi connectivity index (χ1v) is 6.66. The smallest absolute Gasteiger partial charge is 0.0246 e. The average molecular weight is 237 g/mol. The first-order chi connectivity index (χ1) is 7.65. The Morgan fingerprint density at radius 2 is 2.31 bits per heavy atom. The maximum Gasteiger partial charge on any atom is 0.0246 e. The number of nitrogens with two attached hydrogens (primary N) is 1. The van der Waals surface area contributed by atoms with Gasteiger partial charge in [0.1, 0.15) is 0 Å². The van der Waals surface area contributed by atoms with E-state index in [2.05, 4.69) is 26.0 Å². The zero-order valence-electron chi connectivity index (χ0n) is 10.5. The molecule has 16 heavy (non-hydrogen) atoms. The molecule has 0 amide bonds. The fraction of sp³-hybridized carbons (Fsp3) is 0.643. The molecule has 0 saturated carbocycles. The van der Waals surface area contributed by atoms with Crippen LogP contribution in [0.15, 0.2) is 23.3 Å². The van der Waals surface area contributed by atoms with E-state index in [1.165, 1.54) is 30.4 Å². The molecule has 0 bridgehead atoms. The van der Waals surface area contributed by atoms with Gasteiger partial charge < -0.3 is 5.73 Å². The topological polar surface area (TPSA) is 26.0 Å². The van der Waals surface area contributed by atoms with Gasteiger partial charge >= 0.3 is 0 Å². The molecule has 2 N–H and O–H groups in total. The standard InChI is InChI=1S/C14H23NS/c1-3-11(2)7-12-5-4-6-13(8-12)9-14(16)10-15/h5,8,11H,3-4,6-7,9-10,15H2,1-2H3/t11-/m1/s1. The Balaban J connectivity index is 2.54. The molecule has 0 spiro atoms. The second kappa shape index (κ2) is 6.97. The minimum Gasteiger partial charge on any atom is -0.326 e. The van der Waals surface area contributed by atoms with E-state index in [1.807, 2.05) is 0 Å². The molecule has 2 heteroatoms. The molecule has 0 heterocycles. The van der Waals surface area contributed by atoms with Crippen molar-refractivity contribution in [1.82, 2.24) is 0 Å². The van der Waals surface area contributed by atoms with Crippen LogP contribution in [0.5, 0.6) is 0 Å². The number of thiocarbonyl (C=S) groups is 1. The molecule has 0 fully saturated rings. The zero-order chi connectivity index (χ0) is 12.0. The van der Waals surface area contributed by atoms with Gasteiger partial charge in [0.05, 0.1) is 0 Å². The van der Waals surface area contributed by atoms with Crippen LogP contribution in [-0.2, 0) is 0 Å². The van der Waals surface area contributed by atoms with Crippen molar-refractivity contribution in [3.8, 4) is 0 Å². The van der Waals surface area contributed by atoms with Gasteiger partial charge in [-0.25, -0.2) is 0 Å². The van der Waals surface area contributed by atoms with Gasteiger partial charge in [-0.05, 0) is 25.2 Å². The van der Waals surface area contributed by atoms with Gasteiger partial charge in [-0.1, -0.05) is 55.8 Å². The van der Waals surface area contributed by atoms with E-state index in [1.54, 1.807) is 0 Å².